The Morgan fingerprint density at radius 1 is 0.857 bits per heavy atom. The lowest BCUT2D eigenvalue weighted by atomic mass is 10.2. The SMILES string of the molecule is Cc1ccc(NC(=O)[C@H](C)OC(=O)c2cccc(Oc3ccccc3)c2)cc1. The lowest BCUT2D eigenvalue weighted by Gasteiger charge is -2.14. The molecule has 0 spiro atoms. The van der Waals surface area contributed by atoms with Gasteiger partial charge < -0.3 is 14.8 Å². The molecule has 0 bridgehead atoms. The molecule has 0 aliphatic rings. The van der Waals surface area contributed by atoms with Crippen LogP contribution in [0.2, 0.25) is 0 Å². The van der Waals surface area contributed by atoms with Crippen molar-refractivity contribution in [1.29, 1.82) is 0 Å². The third-order valence-corrected chi connectivity index (χ3v) is 4.02. The lowest BCUT2D eigenvalue weighted by Crippen LogP contribution is -2.30. The standard InChI is InChI=1S/C23H21NO4/c1-16-11-13-19(14-12-16)24-22(25)17(2)27-23(26)18-7-6-10-21(15-18)28-20-8-4-3-5-9-20/h3-15,17H,1-2H3,(H,24,25)/t17-/m0/s1. The van der Waals surface area contributed by atoms with Gasteiger partial charge in [-0.1, -0.05) is 42.0 Å². The molecule has 5 nitrogen and oxygen atoms in total. The Bertz CT molecular complexity index is 952. The summed E-state index contributed by atoms with van der Waals surface area (Å²) in [5.74, 6) is 0.190. The summed E-state index contributed by atoms with van der Waals surface area (Å²) in [5, 5.41) is 2.73. The van der Waals surface area contributed by atoms with Gasteiger partial charge in [-0.25, -0.2) is 4.79 Å². The first-order valence-corrected chi connectivity index (χ1v) is 8.93. The van der Waals surface area contributed by atoms with Gasteiger partial charge in [0.25, 0.3) is 5.91 Å². The summed E-state index contributed by atoms with van der Waals surface area (Å²) in [6.07, 6.45) is -0.937. The van der Waals surface area contributed by atoms with Crippen molar-refractivity contribution in [2.75, 3.05) is 5.32 Å². The van der Waals surface area contributed by atoms with Crippen molar-refractivity contribution >= 4 is 17.6 Å². The molecule has 0 aliphatic heterocycles. The first-order chi connectivity index (χ1) is 13.5. The molecule has 1 amide bonds. The van der Waals surface area contributed by atoms with Gasteiger partial charge in [-0.3, -0.25) is 4.79 Å². The van der Waals surface area contributed by atoms with Crippen molar-refractivity contribution in [3.8, 4) is 11.5 Å². The van der Waals surface area contributed by atoms with Gasteiger partial charge in [-0.2, -0.15) is 0 Å². The van der Waals surface area contributed by atoms with E-state index in [2.05, 4.69) is 5.32 Å². The van der Waals surface area contributed by atoms with E-state index < -0.39 is 18.0 Å². The van der Waals surface area contributed by atoms with Gasteiger partial charge >= 0.3 is 5.97 Å². The Morgan fingerprint density at radius 3 is 2.25 bits per heavy atom. The fourth-order valence-corrected chi connectivity index (χ4v) is 2.47. The molecule has 0 saturated heterocycles. The van der Waals surface area contributed by atoms with E-state index in [9.17, 15) is 9.59 Å². The summed E-state index contributed by atoms with van der Waals surface area (Å²) in [6, 6.07) is 23.3. The zero-order valence-corrected chi connectivity index (χ0v) is 15.7. The van der Waals surface area contributed by atoms with Crippen LogP contribution in [0.1, 0.15) is 22.8 Å². The highest BCUT2D eigenvalue weighted by atomic mass is 16.5. The highest BCUT2D eigenvalue weighted by Gasteiger charge is 2.19. The van der Waals surface area contributed by atoms with Crippen LogP contribution in [0.15, 0.2) is 78.9 Å². The van der Waals surface area contributed by atoms with E-state index in [0.717, 1.165) is 5.56 Å². The number of amides is 1. The highest BCUT2D eigenvalue weighted by molar-refractivity contribution is 5.97. The number of esters is 1. The van der Waals surface area contributed by atoms with E-state index in [1.165, 1.54) is 6.92 Å². The summed E-state index contributed by atoms with van der Waals surface area (Å²) in [6.45, 7) is 3.50. The molecule has 0 aromatic heterocycles. The molecule has 5 heteroatoms. The van der Waals surface area contributed by atoms with Gasteiger partial charge in [0.05, 0.1) is 5.56 Å². The monoisotopic (exact) mass is 375 g/mol. The van der Waals surface area contributed by atoms with E-state index in [1.807, 2.05) is 49.4 Å². The third-order valence-electron chi connectivity index (χ3n) is 4.02. The van der Waals surface area contributed by atoms with Gasteiger partial charge in [0.1, 0.15) is 11.5 Å². The van der Waals surface area contributed by atoms with E-state index in [-0.39, 0.29) is 0 Å². The normalized spacial score (nSPS) is 11.4. The number of rotatable bonds is 6. The van der Waals surface area contributed by atoms with Crippen molar-refractivity contribution in [2.24, 2.45) is 0 Å². The average molecular weight is 375 g/mol. The minimum absolute atomic E-state index is 0.309. The Labute approximate surface area is 163 Å². The van der Waals surface area contributed by atoms with Gasteiger partial charge in [-0.05, 0) is 56.3 Å². The quantitative estimate of drug-likeness (QED) is 0.618. The van der Waals surface area contributed by atoms with Crippen molar-refractivity contribution in [1.82, 2.24) is 0 Å². The van der Waals surface area contributed by atoms with E-state index in [0.29, 0.717) is 22.7 Å². The van der Waals surface area contributed by atoms with Gasteiger partial charge in [-0.15, -0.1) is 0 Å². The lowest BCUT2D eigenvalue weighted by molar-refractivity contribution is -0.123. The fraction of sp³-hybridized carbons (Fsp3) is 0.130. The molecule has 3 aromatic rings. The van der Waals surface area contributed by atoms with E-state index in [1.54, 1.807) is 36.4 Å². The maximum Gasteiger partial charge on any atom is 0.339 e. The molecule has 0 fully saturated rings. The first-order valence-electron chi connectivity index (χ1n) is 8.93. The van der Waals surface area contributed by atoms with Crippen LogP contribution in [-0.4, -0.2) is 18.0 Å². The van der Waals surface area contributed by atoms with Crippen LogP contribution in [0.25, 0.3) is 0 Å². The molecular formula is C23H21NO4. The topological polar surface area (TPSA) is 64.6 Å². The van der Waals surface area contributed by atoms with Gasteiger partial charge in [0.2, 0.25) is 0 Å². The fourth-order valence-electron chi connectivity index (χ4n) is 2.47. The Hall–Kier alpha value is -3.60. The molecule has 142 valence electrons. The van der Waals surface area contributed by atoms with Gasteiger partial charge in [0.15, 0.2) is 6.10 Å². The smallest absolute Gasteiger partial charge is 0.339 e. The van der Waals surface area contributed by atoms with Crippen molar-refractivity contribution in [3.63, 3.8) is 0 Å². The van der Waals surface area contributed by atoms with Crippen LogP contribution < -0.4 is 10.1 Å². The summed E-state index contributed by atoms with van der Waals surface area (Å²) in [7, 11) is 0. The maximum atomic E-state index is 12.4. The number of carbonyl (C=O) groups excluding carboxylic acids is 2. The minimum Gasteiger partial charge on any atom is -0.457 e. The largest absolute Gasteiger partial charge is 0.457 e. The summed E-state index contributed by atoms with van der Waals surface area (Å²) in [4.78, 5) is 24.7. The molecular weight excluding hydrogens is 354 g/mol. The number of hydrogen-bond acceptors (Lipinski definition) is 4. The van der Waals surface area contributed by atoms with Crippen LogP contribution in [0, 0.1) is 6.92 Å². The molecule has 0 saturated carbocycles. The number of anilines is 1. The van der Waals surface area contributed by atoms with Crippen LogP contribution in [0.3, 0.4) is 0 Å². The number of ether oxygens (including phenoxy) is 2. The minimum atomic E-state index is -0.937. The molecule has 1 N–H and O–H groups in total. The number of nitrogens with one attached hydrogen (secondary N) is 1. The molecule has 3 rings (SSSR count). The Kier molecular flexibility index (Phi) is 6.07. The van der Waals surface area contributed by atoms with Crippen LogP contribution in [0.4, 0.5) is 5.69 Å². The second-order valence-corrected chi connectivity index (χ2v) is 6.35. The number of carbonyl (C=O) groups is 2. The molecule has 0 heterocycles. The Balaban J connectivity index is 1.61. The van der Waals surface area contributed by atoms with Crippen LogP contribution in [0.5, 0.6) is 11.5 Å². The van der Waals surface area contributed by atoms with Crippen molar-refractivity contribution in [3.05, 3.63) is 90.0 Å². The molecule has 28 heavy (non-hydrogen) atoms. The average Bonchev–Trinajstić information content (AvgIpc) is 2.70. The molecule has 0 aliphatic carbocycles. The number of benzene rings is 3. The van der Waals surface area contributed by atoms with Crippen molar-refractivity contribution < 1.29 is 19.1 Å². The van der Waals surface area contributed by atoms with E-state index in [4.69, 9.17) is 9.47 Å². The van der Waals surface area contributed by atoms with Crippen LogP contribution >= 0.6 is 0 Å². The summed E-state index contributed by atoms with van der Waals surface area (Å²) >= 11 is 0. The number of aryl methyl sites for hydroxylation is 1. The Morgan fingerprint density at radius 2 is 1.54 bits per heavy atom. The zero-order valence-electron chi connectivity index (χ0n) is 15.7. The number of para-hydroxylation sites is 1. The molecule has 1 atom stereocenters. The van der Waals surface area contributed by atoms with Gasteiger partial charge in [0, 0.05) is 5.69 Å². The molecule has 0 unspecified atom stereocenters. The van der Waals surface area contributed by atoms with Crippen molar-refractivity contribution in [2.45, 2.75) is 20.0 Å². The molecule has 3 aromatic carbocycles. The summed E-state index contributed by atoms with van der Waals surface area (Å²) < 4.78 is 11.0. The highest BCUT2D eigenvalue weighted by Crippen LogP contribution is 2.22. The number of hydrogen-bond donors (Lipinski definition) is 1. The van der Waals surface area contributed by atoms with E-state index >= 15 is 0 Å². The van der Waals surface area contributed by atoms with Crippen LogP contribution in [-0.2, 0) is 9.53 Å². The predicted molar refractivity (Wildman–Crippen MR) is 108 cm³/mol. The maximum absolute atomic E-state index is 12.4. The predicted octanol–water partition coefficient (Wildman–Crippen LogP) is 4.97. The second kappa shape index (κ2) is 8.86. The first kappa shape index (κ1) is 19.2. The summed E-state index contributed by atoms with van der Waals surface area (Å²) in [5.41, 5.74) is 2.05. The molecule has 0 radical (unpaired) electrons. The third kappa shape index (κ3) is 5.20. The zero-order chi connectivity index (χ0) is 19.9. The second-order valence-electron chi connectivity index (χ2n) is 6.35.